The van der Waals surface area contributed by atoms with Crippen molar-refractivity contribution in [3.05, 3.63) is 11.9 Å². The van der Waals surface area contributed by atoms with E-state index < -0.39 is 11.4 Å². The van der Waals surface area contributed by atoms with E-state index in [9.17, 15) is 9.18 Å². The molecule has 0 aliphatic carbocycles. The van der Waals surface area contributed by atoms with Crippen LogP contribution in [0.1, 0.15) is 33.6 Å². The van der Waals surface area contributed by atoms with Gasteiger partial charge in [-0.2, -0.15) is 0 Å². The number of allylic oxidation sites excluding steroid dienone is 1. The van der Waals surface area contributed by atoms with Crippen LogP contribution >= 0.6 is 0 Å². The number of halogens is 1. The van der Waals surface area contributed by atoms with Gasteiger partial charge < -0.3 is 5.73 Å². The lowest BCUT2D eigenvalue weighted by atomic mass is 9.93. The molecule has 6 heteroatoms. The third-order valence-corrected chi connectivity index (χ3v) is 2.46. The first-order valence-corrected chi connectivity index (χ1v) is 5.35. The Morgan fingerprint density at radius 2 is 2.18 bits per heavy atom. The lowest BCUT2D eigenvalue weighted by Gasteiger charge is -2.19. The number of rotatable bonds is 6. The molecule has 0 saturated carbocycles. The van der Waals surface area contributed by atoms with Crippen LogP contribution in [0.2, 0.25) is 0 Å². The van der Waals surface area contributed by atoms with Gasteiger partial charge in [0.2, 0.25) is 0 Å². The second-order valence-electron chi connectivity index (χ2n) is 4.18. The predicted octanol–water partition coefficient (Wildman–Crippen LogP) is 1.32. The molecule has 98 valence electrons. The Morgan fingerprint density at radius 3 is 2.65 bits per heavy atom. The Morgan fingerprint density at radius 1 is 1.59 bits per heavy atom. The molecule has 1 unspecified atom stereocenters. The zero-order chi connectivity index (χ0) is 13.5. The van der Waals surface area contributed by atoms with E-state index in [2.05, 4.69) is 4.99 Å². The number of ketones is 1. The maximum Gasteiger partial charge on any atom is 0.149 e. The molecule has 4 N–H and O–H groups in total. The second kappa shape index (κ2) is 7.13. The van der Waals surface area contributed by atoms with Crippen LogP contribution in [0.15, 0.2) is 16.9 Å². The number of aliphatic imine (C=N–C) groups is 1. The quantitative estimate of drug-likeness (QED) is 0.374. The zero-order valence-corrected chi connectivity index (χ0v) is 10.5. The Kier molecular flexibility index (Phi) is 6.60. The van der Waals surface area contributed by atoms with Crippen LogP contribution in [-0.4, -0.2) is 28.9 Å². The van der Waals surface area contributed by atoms with Gasteiger partial charge in [-0.05, 0) is 33.6 Å². The van der Waals surface area contributed by atoms with Crippen LogP contribution in [0.3, 0.4) is 0 Å². The molecule has 0 aliphatic heterocycles. The highest BCUT2D eigenvalue weighted by Crippen LogP contribution is 2.12. The predicted molar refractivity (Wildman–Crippen MR) is 64.6 cm³/mol. The number of nitrogens with one attached hydrogen (secondary N) is 1. The van der Waals surface area contributed by atoms with Gasteiger partial charge in [-0.1, -0.05) is 6.08 Å². The summed E-state index contributed by atoms with van der Waals surface area (Å²) < 4.78 is 13.2. The minimum Gasteiger partial charge on any atom is -0.319 e. The van der Waals surface area contributed by atoms with Gasteiger partial charge in [0.05, 0.1) is 12.1 Å². The molecule has 17 heavy (non-hydrogen) atoms. The van der Waals surface area contributed by atoms with Crippen molar-refractivity contribution in [2.75, 3.05) is 6.54 Å². The van der Waals surface area contributed by atoms with Gasteiger partial charge in [0.25, 0.3) is 0 Å². The molecular weight excluding hydrogens is 225 g/mol. The molecule has 0 aliphatic rings. The second-order valence-corrected chi connectivity index (χ2v) is 4.18. The van der Waals surface area contributed by atoms with E-state index in [4.69, 9.17) is 10.9 Å². The summed E-state index contributed by atoms with van der Waals surface area (Å²) in [5.74, 6) is -0.301. The zero-order valence-electron chi connectivity index (χ0n) is 10.5. The fourth-order valence-corrected chi connectivity index (χ4v) is 0.999. The molecule has 0 amide bonds. The van der Waals surface area contributed by atoms with Gasteiger partial charge in [0, 0.05) is 0 Å². The fraction of sp³-hybridized carbons (Fsp3) is 0.636. The van der Waals surface area contributed by atoms with Crippen molar-refractivity contribution >= 4 is 11.6 Å². The van der Waals surface area contributed by atoms with Crippen molar-refractivity contribution in [2.45, 2.75) is 39.2 Å². The third kappa shape index (κ3) is 6.80. The minimum absolute atomic E-state index is 0.121. The standard InChI is InChI=1S/C11H20FN3O2/c1-8(16)11(3,13)6-4-5-10(12)7-14-9(2)15-17/h5,17H,4,6-7,13H2,1-3H3,(H,14,15)/b10-5+. The summed E-state index contributed by atoms with van der Waals surface area (Å²) in [6.45, 7) is 4.42. The van der Waals surface area contributed by atoms with Gasteiger partial charge in [-0.3, -0.25) is 20.5 Å². The van der Waals surface area contributed by atoms with E-state index in [0.717, 1.165) is 0 Å². The summed E-state index contributed by atoms with van der Waals surface area (Å²) in [6, 6.07) is 0. The number of nitrogens with two attached hydrogens (primary N) is 1. The molecule has 0 aromatic rings. The first-order valence-electron chi connectivity index (χ1n) is 5.35. The number of carbonyl (C=O) groups excluding carboxylic acids is 1. The third-order valence-electron chi connectivity index (χ3n) is 2.46. The van der Waals surface area contributed by atoms with Crippen molar-refractivity contribution < 1.29 is 14.4 Å². The van der Waals surface area contributed by atoms with Crippen molar-refractivity contribution in [1.82, 2.24) is 5.48 Å². The average Bonchev–Trinajstić information content (AvgIpc) is 2.25. The summed E-state index contributed by atoms with van der Waals surface area (Å²) in [7, 11) is 0. The highest BCUT2D eigenvalue weighted by atomic mass is 19.1. The summed E-state index contributed by atoms with van der Waals surface area (Å²) in [4.78, 5) is 14.8. The number of nitrogens with zero attached hydrogens (tertiary/aromatic N) is 1. The molecule has 0 aromatic heterocycles. The molecule has 0 aromatic carbocycles. The average molecular weight is 245 g/mol. The van der Waals surface area contributed by atoms with Crippen LogP contribution in [0.5, 0.6) is 0 Å². The molecular formula is C11H20FN3O2. The van der Waals surface area contributed by atoms with Crippen LogP contribution < -0.4 is 11.2 Å². The Labute approximate surface area is 101 Å². The first-order chi connectivity index (χ1) is 7.79. The Bertz CT molecular complexity index is 325. The fourth-order valence-electron chi connectivity index (χ4n) is 0.999. The lowest BCUT2D eigenvalue weighted by molar-refractivity contribution is -0.121. The van der Waals surface area contributed by atoms with Crippen molar-refractivity contribution in [2.24, 2.45) is 10.7 Å². The molecule has 0 spiro atoms. The summed E-state index contributed by atoms with van der Waals surface area (Å²) in [5, 5.41) is 8.41. The van der Waals surface area contributed by atoms with E-state index in [1.807, 2.05) is 5.48 Å². The molecule has 5 nitrogen and oxygen atoms in total. The number of hydroxylamine groups is 1. The maximum atomic E-state index is 13.2. The van der Waals surface area contributed by atoms with Crippen LogP contribution in [-0.2, 0) is 4.79 Å². The smallest absolute Gasteiger partial charge is 0.149 e. The SMILES string of the molecule is CC(=O)C(C)(N)CC/C=C(/F)CN=C(C)NO. The lowest BCUT2D eigenvalue weighted by Crippen LogP contribution is -2.43. The van der Waals surface area contributed by atoms with Gasteiger partial charge >= 0.3 is 0 Å². The van der Waals surface area contributed by atoms with Gasteiger partial charge in [0.1, 0.15) is 17.4 Å². The molecule has 0 heterocycles. The molecule has 0 saturated heterocycles. The number of hydrogen-bond acceptors (Lipinski definition) is 4. The highest BCUT2D eigenvalue weighted by Gasteiger charge is 2.22. The van der Waals surface area contributed by atoms with Crippen molar-refractivity contribution in [3.8, 4) is 0 Å². The number of Topliss-reactive ketones (excluding diaryl/α,β-unsaturated/α-hetero) is 1. The summed E-state index contributed by atoms with van der Waals surface area (Å²) >= 11 is 0. The van der Waals surface area contributed by atoms with Crippen molar-refractivity contribution in [3.63, 3.8) is 0 Å². The highest BCUT2D eigenvalue weighted by molar-refractivity contribution is 5.85. The van der Waals surface area contributed by atoms with E-state index in [1.165, 1.54) is 19.9 Å². The van der Waals surface area contributed by atoms with Gasteiger partial charge in [-0.25, -0.2) is 4.39 Å². The number of carbonyl (C=O) groups is 1. The number of hydrogen-bond donors (Lipinski definition) is 3. The monoisotopic (exact) mass is 245 g/mol. The molecule has 0 rings (SSSR count). The summed E-state index contributed by atoms with van der Waals surface area (Å²) in [5.41, 5.74) is 6.61. The van der Waals surface area contributed by atoms with E-state index in [-0.39, 0.29) is 18.2 Å². The van der Waals surface area contributed by atoms with E-state index in [0.29, 0.717) is 12.8 Å². The van der Waals surface area contributed by atoms with E-state index >= 15 is 0 Å². The largest absolute Gasteiger partial charge is 0.319 e. The van der Waals surface area contributed by atoms with Crippen LogP contribution in [0, 0.1) is 0 Å². The normalized spacial score (nSPS) is 16.6. The summed E-state index contributed by atoms with van der Waals surface area (Å²) in [6.07, 6.45) is 2.11. The maximum absolute atomic E-state index is 13.2. The first kappa shape index (κ1) is 15.7. The van der Waals surface area contributed by atoms with Gasteiger partial charge in [-0.15, -0.1) is 0 Å². The number of amidine groups is 1. The van der Waals surface area contributed by atoms with Gasteiger partial charge in [0.15, 0.2) is 0 Å². The molecule has 0 fully saturated rings. The molecule has 1 atom stereocenters. The topological polar surface area (TPSA) is 87.7 Å². The van der Waals surface area contributed by atoms with Crippen LogP contribution in [0.25, 0.3) is 0 Å². The Hall–Kier alpha value is -1.27. The molecule has 0 bridgehead atoms. The van der Waals surface area contributed by atoms with Crippen LogP contribution in [0.4, 0.5) is 4.39 Å². The van der Waals surface area contributed by atoms with Crippen molar-refractivity contribution in [1.29, 1.82) is 0 Å². The minimum atomic E-state index is -0.914. The Balaban J connectivity index is 4.13. The van der Waals surface area contributed by atoms with E-state index in [1.54, 1.807) is 6.92 Å². The molecule has 0 radical (unpaired) electrons.